The van der Waals surface area contributed by atoms with E-state index in [1.807, 2.05) is 6.92 Å². The van der Waals surface area contributed by atoms with Crippen LogP contribution < -0.4 is 0 Å². The molecule has 0 amide bonds. The monoisotopic (exact) mass is 234 g/mol. The SMILES string of the molecule is CCO[SH](CC)OC1CCC(CC)CC1. The van der Waals surface area contributed by atoms with Crippen molar-refractivity contribution in [1.29, 1.82) is 0 Å². The fourth-order valence-corrected chi connectivity index (χ4v) is 3.38. The molecule has 0 aromatic heterocycles. The summed E-state index contributed by atoms with van der Waals surface area (Å²) in [5.74, 6) is 1.97. The fraction of sp³-hybridized carbons (Fsp3) is 1.00. The third-order valence-corrected chi connectivity index (χ3v) is 4.76. The molecule has 0 heterocycles. The van der Waals surface area contributed by atoms with E-state index in [4.69, 9.17) is 8.37 Å². The number of rotatable bonds is 6. The Morgan fingerprint density at radius 1 is 1.07 bits per heavy atom. The first-order chi connectivity index (χ1) is 7.30. The van der Waals surface area contributed by atoms with E-state index in [-0.39, 0.29) is 0 Å². The van der Waals surface area contributed by atoms with Crippen molar-refractivity contribution < 1.29 is 8.37 Å². The highest BCUT2D eigenvalue weighted by atomic mass is 32.2. The molecule has 2 nitrogen and oxygen atoms in total. The van der Waals surface area contributed by atoms with Gasteiger partial charge in [-0.1, -0.05) is 13.3 Å². The second-order valence-electron chi connectivity index (χ2n) is 4.22. The van der Waals surface area contributed by atoms with Crippen molar-refractivity contribution in [2.24, 2.45) is 5.92 Å². The van der Waals surface area contributed by atoms with Gasteiger partial charge in [0, 0.05) is 5.75 Å². The molecule has 0 spiro atoms. The van der Waals surface area contributed by atoms with Gasteiger partial charge in [0.1, 0.15) is 0 Å². The van der Waals surface area contributed by atoms with Crippen molar-refractivity contribution in [3.63, 3.8) is 0 Å². The molecule has 0 bridgehead atoms. The first-order valence-electron chi connectivity index (χ1n) is 6.37. The third kappa shape index (κ3) is 4.75. The maximum atomic E-state index is 6.02. The van der Waals surface area contributed by atoms with E-state index in [1.165, 1.54) is 32.1 Å². The Kier molecular flexibility index (Phi) is 6.69. The van der Waals surface area contributed by atoms with Crippen LogP contribution >= 0.6 is 11.5 Å². The summed E-state index contributed by atoms with van der Waals surface area (Å²) in [7, 11) is 0. The lowest BCUT2D eigenvalue weighted by Gasteiger charge is -2.33. The van der Waals surface area contributed by atoms with Crippen molar-refractivity contribution in [2.45, 2.75) is 59.0 Å². The molecule has 1 aliphatic rings. The largest absolute Gasteiger partial charge is 0.287 e. The van der Waals surface area contributed by atoms with Crippen molar-refractivity contribution in [1.82, 2.24) is 0 Å². The lowest BCUT2D eigenvalue weighted by atomic mass is 9.86. The molecule has 0 aromatic rings. The summed E-state index contributed by atoms with van der Waals surface area (Å²) < 4.78 is 11.6. The van der Waals surface area contributed by atoms with E-state index in [9.17, 15) is 0 Å². The van der Waals surface area contributed by atoms with Crippen molar-refractivity contribution in [3.05, 3.63) is 0 Å². The molecule has 0 radical (unpaired) electrons. The normalized spacial score (nSPS) is 30.2. The summed E-state index contributed by atoms with van der Waals surface area (Å²) in [4.78, 5) is 0. The van der Waals surface area contributed by atoms with Gasteiger partial charge in [-0.2, -0.15) is 0 Å². The molecular formula is C12H26O2S. The van der Waals surface area contributed by atoms with Gasteiger partial charge >= 0.3 is 0 Å². The molecule has 92 valence electrons. The Morgan fingerprint density at radius 2 is 1.73 bits per heavy atom. The van der Waals surface area contributed by atoms with Crippen LogP contribution in [0.1, 0.15) is 52.9 Å². The summed E-state index contributed by atoms with van der Waals surface area (Å²) >= 11 is -0.600. The van der Waals surface area contributed by atoms with Gasteiger partial charge in [0.25, 0.3) is 0 Å². The van der Waals surface area contributed by atoms with Crippen molar-refractivity contribution in [2.75, 3.05) is 12.4 Å². The number of hydrogen-bond acceptors (Lipinski definition) is 2. The van der Waals surface area contributed by atoms with Crippen LogP contribution in [-0.2, 0) is 8.37 Å². The summed E-state index contributed by atoms with van der Waals surface area (Å²) in [5, 5.41) is 0. The first-order valence-corrected chi connectivity index (χ1v) is 7.73. The fourth-order valence-electron chi connectivity index (χ4n) is 2.15. The van der Waals surface area contributed by atoms with Gasteiger partial charge in [-0.25, -0.2) is 11.5 Å². The van der Waals surface area contributed by atoms with Crippen LogP contribution in [0.5, 0.6) is 0 Å². The van der Waals surface area contributed by atoms with E-state index in [0.717, 1.165) is 18.3 Å². The smallest absolute Gasteiger partial charge is 0.0819 e. The van der Waals surface area contributed by atoms with E-state index in [0.29, 0.717) is 6.10 Å². The van der Waals surface area contributed by atoms with E-state index in [2.05, 4.69) is 13.8 Å². The standard InChI is InChI=1S/C12H26O2S/c1-4-11-7-9-12(10-8-11)14-15(6-3)13-5-2/h11-12,15H,4-10H2,1-3H3. The van der Waals surface area contributed by atoms with Crippen LogP contribution in [0.15, 0.2) is 0 Å². The van der Waals surface area contributed by atoms with Crippen LogP contribution in [0.25, 0.3) is 0 Å². The average Bonchev–Trinajstić information content (AvgIpc) is 2.29. The van der Waals surface area contributed by atoms with Crippen LogP contribution in [0, 0.1) is 5.92 Å². The molecule has 0 aliphatic heterocycles. The van der Waals surface area contributed by atoms with Gasteiger partial charge in [-0.3, -0.25) is 8.37 Å². The van der Waals surface area contributed by atoms with Crippen molar-refractivity contribution >= 4 is 11.5 Å². The van der Waals surface area contributed by atoms with Gasteiger partial charge in [0.15, 0.2) is 0 Å². The third-order valence-electron chi connectivity index (χ3n) is 3.17. The lowest BCUT2D eigenvalue weighted by molar-refractivity contribution is 0.133. The Balaban J connectivity index is 2.21. The second kappa shape index (κ2) is 7.53. The Hall–Kier alpha value is 0.270. The molecule has 1 aliphatic carbocycles. The highest BCUT2D eigenvalue weighted by Gasteiger charge is 2.21. The highest BCUT2D eigenvalue weighted by Crippen LogP contribution is 2.36. The Bertz CT molecular complexity index is 156. The van der Waals surface area contributed by atoms with Crippen molar-refractivity contribution in [3.8, 4) is 0 Å². The minimum atomic E-state index is -0.600. The zero-order valence-electron chi connectivity index (χ0n) is 10.4. The number of thiol groups is 1. The van der Waals surface area contributed by atoms with Gasteiger partial charge in [-0.15, -0.1) is 0 Å². The average molecular weight is 234 g/mol. The van der Waals surface area contributed by atoms with E-state index < -0.39 is 11.5 Å². The molecule has 1 fully saturated rings. The predicted octanol–water partition coefficient (Wildman–Crippen LogP) is 3.86. The summed E-state index contributed by atoms with van der Waals surface area (Å²) in [5.41, 5.74) is 0. The number of hydrogen-bond donors (Lipinski definition) is 1. The second-order valence-corrected chi connectivity index (χ2v) is 5.99. The minimum Gasteiger partial charge on any atom is -0.287 e. The van der Waals surface area contributed by atoms with Gasteiger partial charge in [-0.05, 0) is 45.4 Å². The van der Waals surface area contributed by atoms with Crippen LogP contribution in [0.3, 0.4) is 0 Å². The zero-order chi connectivity index (χ0) is 11.1. The predicted molar refractivity (Wildman–Crippen MR) is 68.3 cm³/mol. The molecule has 0 saturated heterocycles. The topological polar surface area (TPSA) is 18.5 Å². The lowest BCUT2D eigenvalue weighted by Crippen LogP contribution is -2.21. The highest BCUT2D eigenvalue weighted by molar-refractivity contribution is 8.08. The zero-order valence-corrected chi connectivity index (χ0v) is 11.3. The molecule has 1 unspecified atom stereocenters. The van der Waals surface area contributed by atoms with Crippen LogP contribution in [0.2, 0.25) is 0 Å². The maximum Gasteiger partial charge on any atom is 0.0819 e. The summed E-state index contributed by atoms with van der Waals surface area (Å²) in [6, 6.07) is 0. The molecule has 1 atom stereocenters. The minimum absolute atomic E-state index is 0.477. The quantitative estimate of drug-likeness (QED) is 0.704. The van der Waals surface area contributed by atoms with E-state index >= 15 is 0 Å². The molecule has 15 heavy (non-hydrogen) atoms. The molecule has 1 saturated carbocycles. The molecular weight excluding hydrogens is 208 g/mol. The van der Waals surface area contributed by atoms with E-state index in [1.54, 1.807) is 0 Å². The summed E-state index contributed by atoms with van der Waals surface area (Å²) in [6.45, 7) is 7.27. The molecule has 0 N–H and O–H groups in total. The van der Waals surface area contributed by atoms with Crippen LogP contribution in [0.4, 0.5) is 0 Å². The Morgan fingerprint density at radius 3 is 2.20 bits per heavy atom. The maximum absolute atomic E-state index is 6.02. The summed E-state index contributed by atoms with van der Waals surface area (Å²) in [6.07, 6.45) is 6.99. The molecule has 3 heteroatoms. The van der Waals surface area contributed by atoms with Crippen LogP contribution in [-0.4, -0.2) is 18.5 Å². The van der Waals surface area contributed by atoms with Gasteiger partial charge < -0.3 is 0 Å². The van der Waals surface area contributed by atoms with Gasteiger partial charge in [0.05, 0.1) is 12.7 Å². The molecule has 0 aromatic carbocycles. The molecule has 1 rings (SSSR count). The van der Waals surface area contributed by atoms with Gasteiger partial charge in [0.2, 0.25) is 0 Å². The Labute approximate surface area is 97.5 Å². The first kappa shape index (κ1) is 13.3.